The molecule has 0 amide bonds. The second-order valence-corrected chi connectivity index (χ2v) is 5.74. The Balaban J connectivity index is 1.98. The number of nitrogens with zero attached hydrogens (tertiary/aromatic N) is 3. The van der Waals surface area contributed by atoms with E-state index in [-0.39, 0.29) is 0 Å². The number of ether oxygens (including phenoxy) is 1. The molecule has 0 radical (unpaired) electrons. The Kier molecular flexibility index (Phi) is 5.31. The summed E-state index contributed by atoms with van der Waals surface area (Å²) in [5.74, 6) is 0.852. The van der Waals surface area contributed by atoms with E-state index in [1.165, 1.54) is 5.56 Å². The Morgan fingerprint density at radius 1 is 1.40 bits per heavy atom. The molecule has 0 unspecified atom stereocenters. The standard InChI is InChI=1S/C15H26N4O/c1-11(2)16-9-13-10-17-15(18-12(13)3)19-7-5-14(20-4)6-8-19/h10-11,14,16H,5-9H2,1-4H3. The molecule has 1 aromatic heterocycles. The van der Waals surface area contributed by atoms with Gasteiger partial charge in [0.1, 0.15) is 0 Å². The van der Waals surface area contributed by atoms with Crippen LogP contribution in [0.15, 0.2) is 6.20 Å². The van der Waals surface area contributed by atoms with E-state index in [4.69, 9.17) is 4.74 Å². The van der Waals surface area contributed by atoms with Gasteiger partial charge in [-0.1, -0.05) is 13.8 Å². The van der Waals surface area contributed by atoms with Crippen molar-refractivity contribution in [3.63, 3.8) is 0 Å². The Morgan fingerprint density at radius 3 is 2.65 bits per heavy atom. The van der Waals surface area contributed by atoms with Gasteiger partial charge in [0.2, 0.25) is 5.95 Å². The van der Waals surface area contributed by atoms with E-state index in [2.05, 4.69) is 41.0 Å². The zero-order chi connectivity index (χ0) is 14.5. The van der Waals surface area contributed by atoms with Crippen molar-refractivity contribution in [3.8, 4) is 0 Å². The summed E-state index contributed by atoms with van der Waals surface area (Å²) < 4.78 is 5.40. The predicted molar refractivity (Wildman–Crippen MR) is 81.0 cm³/mol. The number of rotatable bonds is 5. The molecule has 1 N–H and O–H groups in total. The van der Waals surface area contributed by atoms with Crippen molar-refractivity contribution in [2.75, 3.05) is 25.1 Å². The number of aryl methyl sites for hydroxylation is 1. The Hall–Kier alpha value is -1.20. The maximum Gasteiger partial charge on any atom is 0.225 e. The second-order valence-electron chi connectivity index (χ2n) is 5.74. The lowest BCUT2D eigenvalue weighted by Gasteiger charge is -2.31. The normalized spacial score (nSPS) is 16.9. The number of methoxy groups -OCH3 is 1. The molecule has 112 valence electrons. The number of anilines is 1. The van der Waals surface area contributed by atoms with E-state index in [0.29, 0.717) is 12.1 Å². The lowest BCUT2D eigenvalue weighted by Crippen LogP contribution is -2.37. The van der Waals surface area contributed by atoms with Crippen LogP contribution < -0.4 is 10.2 Å². The van der Waals surface area contributed by atoms with E-state index in [9.17, 15) is 0 Å². The fraction of sp³-hybridized carbons (Fsp3) is 0.733. The average Bonchev–Trinajstić information content (AvgIpc) is 2.46. The van der Waals surface area contributed by atoms with Crippen LogP contribution >= 0.6 is 0 Å². The van der Waals surface area contributed by atoms with Crippen LogP contribution in [0.3, 0.4) is 0 Å². The van der Waals surface area contributed by atoms with Gasteiger partial charge in [-0.15, -0.1) is 0 Å². The fourth-order valence-corrected chi connectivity index (χ4v) is 2.41. The summed E-state index contributed by atoms with van der Waals surface area (Å²) in [5, 5.41) is 3.40. The second kappa shape index (κ2) is 6.99. The van der Waals surface area contributed by atoms with Crippen LogP contribution in [0.25, 0.3) is 0 Å². The SMILES string of the molecule is COC1CCN(c2ncc(CNC(C)C)c(C)n2)CC1. The molecular formula is C15H26N4O. The first-order valence-corrected chi connectivity index (χ1v) is 7.43. The summed E-state index contributed by atoms with van der Waals surface area (Å²) >= 11 is 0. The topological polar surface area (TPSA) is 50.3 Å². The molecule has 1 aliphatic heterocycles. The van der Waals surface area contributed by atoms with Gasteiger partial charge in [0.05, 0.1) is 6.10 Å². The first-order valence-electron chi connectivity index (χ1n) is 7.43. The summed E-state index contributed by atoms with van der Waals surface area (Å²) in [6, 6.07) is 0.474. The molecule has 2 heterocycles. The van der Waals surface area contributed by atoms with Crippen LogP contribution in [-0.4, -0.2) is 42.3 Å². The van der Waals surface area contributed by atoms with Gasteiger partial charge in [0.25, 0.3) is 0 Å². The maximum atomic E-state index is 5.40. The largest absolute Gasteiger partial charge is 0.381 e. The third kappa shape index (κ3) is 3.90. The molecule has 0 saturated carbocycles. The zero-order valence-electron chi connectivity index (χ0n) is 13.0. The highest BCUT2D eigenvalue weighted by Gasteiger charge is 2.20. The van der Waals surface area contributed by atoms with Crippen molar-refractivity contribution in [1.29, 1.82) is 0 Å². The summed E-state index contributed by atoms with van der Waals surface area (Å²) in [6.45, 7) is 9.12. The first-order chi connectivity index (χ1) is 9.60. The number of hydrogen-bond donors (Lipinski definition) is 1. The Bertz CT molecular complexity index is 428. The zero-order valence-corrected chi connectivity index (χ0v) is 13.0. The van der Waals surface area contributed by atoms with Gasteiger partial charge in [-0.2, -0.15) is 0 Å². The minimum atomic E-state index is 0.391. The van der Waals surface area contributed by atoms with Crippen LogP contribution in [-0.2, 0) is 11.3 Å². The molecule has 1 aliphatic rings. The van der Waals surface area contributed by atoms with Crippen LogP contribution in [0.4, 0.5) is 5.95 Å². The smallest absolute Gasteiger partial charge is 0.225 e. The Morgan fingerprint density at radius 2 is 2.10 bits per heavy atom. The summed E-state index contributed by atoms with van der Waals surface area (Å²) in [4.78, 5) is 11.4. The van der Waals surface area contributed by atoms with Gasteiger partial charge in [-0.05, 0) is 19.8 Å². The number of hydrogen-bond acceptors (Lipinski definition) is 5. The average molecular weight is 278 g/mol. The van der Waals surface area contributed by atoms with Crippen molar-refractivity contribution in [3.05, 3.63) is 17.5 Å². The lowest BCUT2D eigenvalue weighted by molar-refractivity contribution is 0.0816. The van der Waals surface area contributed by atoms with Gasteiger partial charge in [-0.3, -0.25) is 0 Å². The minimum absolute atomic E-state index is 0.391. The summed E-state index contributed by atoms with van der Waals surface area (Å²) in [6.07, 6.45) is 4.45. The molecule has 1 fully saturated rings. The monoisotopic (exact) mass is 278 g/mol. The van der Waals surface area contributed by atoms with Gasteiger partial charge in [0, 0.05) is 50.2 Å². The Labute approximate surface area is 121 Å². The highest BCUT2D eigenvalue weighted by atomic mass is 16.5. The van der Waals surface area contributed by atoms with Gasteiger partial charge in [0.15, 0.2) is 0 Å². The van der Waals surface area contributed by atoms with Crippen LogP contribution in [0.1, 0.15) is 37.9 Å². The summed E-state index contributed by atoms with van der Waals surface area (Å²) in [5.41, 5.74) is 2.24. The minimum Gasteiger partial charge on any atom is -0.381 e. The highest BCUT2D eigenvalue weighted by Crippen LogP contribution is 2.18. The van der Waals surface area contributed by atoms with E-state index in [1.807, 2.05) is 6.20 Å². The third-order valence-electron chi connectivity index (χ3n) is 3.83. The lowest BCUT2D eigenvalue weighted by atomic mass is 10.1. The van der Waals surface area contributed by atoms with Crippen molar-refractivity contribution in [1.82, 2.24) is 15.3 Å². The van der Waals surface area contributed by atoms with Crippen LogP contribution in [0.2, 0.25) is 0 Å². The predicted octanol–water partition coefficient (Wildman–Crippen LogP) is 1.90. The quantitative estimate of drug-likeness (QED) is 0.891. The number of piperidine rings is 1. The molecule has 0 aliphatic carbocycles. The molecular weight excluding hydrogens is 252 g/mol. The van der Waals surface area contributed by atoms with Gasteiger partial charge >= 0.3 is 0 Å². The van der Waals surface area contributed by atoms with E-state index < -0.39 is 0 Å². The maximum absolute atomic E-state index is 5.40. The number of aromatic nitrogens is 2. The van der Waals surface area contributed by atoms with Crippen molar-refractivity contribution < 1.29 is 4.74 Å². The number of nitrogens with one attached hydrogen (secondary N) is 1. The molecule has 1 aromatic rings. The molecule has 0 aromatic carbocycles. The molecule has 0 bridgehead atoms. The van der Waals surface area contributed by atoms with E-state index >= 15 is 0 Å². The van der Waals surface area contributed by atoms with Crippen molar-refractivity contribution in [2.45, 2.75) is 52.3 Å². The molecule has 0 atom stereocenters. The molecule has 1 saturated heterocycles. The molecule has 2 rings (SSSR count). The van der Waals surface area contributed by atoms with Gasteiger partial charge in [-0.25, -0.2) is 9.97 Å². The van der Waals surface area contributed by atoms with Crippen LogP contribution in [0.5, 0.6) is 0 Å². The van der Waals surface area contributed by atoms with E-state index in [1.54, 1.807) is 7.11 Å². The molecule has 0 spiro atoms. The molecule has 5 nitrogen and oxygen atoms in total. The third-order valence-corrected chi connectivity index (χ3v) is 3.83. The fourth-order valence-electron chi connectivity index (χ4n) is 2.41. The van der Waals surface area contributed by atoms with Crippen molar-refractivity contribution >= 4 is 5.95 Å². The van der Waals surface area contributed by atoms with Crippen LogP contribution in [0, 0.1) is 6.92 Å². The molecule has 20 heavy (non-hydrogen) atoms. The summed E-state index contributed by atoms with van der Waals surface area (Å²) in [7, 11) is 1.79. The van der Waals surface area contributed by atoms with Crippen molar-refractivity contribution in [2.24, 2.45) is 0 Å². The highest BCUT2D eigenvalue weighted by molar-refractivity contribution is 5.33. The van der Waals surface area contributed by atoms with E-state index in [0.717, 1.165) is 44.1 Å². The van der Waals surface area contributed by atoms with Gasteiger partial charge < -0.3 is 15.0 Å². The first kappa shape index (κ1) is 15.2. The molecule has 5 heteroatoms.